The van der Waals surface area contributed by atoms with Gasteiger partial charge in [0.25, 0.3) is 5.91 Å². The van der Waals surface area contributed by atoms with Crippen LogP contribution in [0.2, 0.25) is 0 Å². The number of aromatic nitrogens is 2. The molecule has 0 unspecified atom stereocenters. The van der Waals surface area contributed by atoms with E-state index in [-0.39, 0.29) is 30.1 Å². The molecule has 2 heterocycles. The van der Waals surface area contributed by atoms with Crippen LogP contribution in [0, 0.1) is 0 Å². The van der Waals surface area contributed by atoms with E-state index in [0.717, 1.165) is 19.3 Å². The molecule has 0 spiro atoms. The standard InChI is InChI=1S/C21H34N4O4/c1-4-18(28-17-9-7-6-8-10-17)21(27)24-12-11-16(13-24)25(15(3)26)14-19-22-20(5-2)29-23-19/h16-18H,4-14H2,1-3H3/t16-,18+/m1/s1. The summed E-state index contributed by atoms with van der Waals surface area (Å²) in [4.78, 5) is 33.2. The van der Waals surface area contributed by atoms with E-state index in [1.54, 1.807) is 11.8 Å². The maximum Gasteiger partial charge on any atom is 0.251 e. The number of hydrogen-bond donors (Lipinski definition) is 0. The van der Waals surface area contributed by atoms with Crippen molar-refractivity contribution in [2.75, 3.05) is 13.1 Å². The van der Waals surface area contributed by atoms with E-state index in [2.05, 4.69) is 10.1 Å². The first-order chi connectivity index (χ1) is 14.0. The molecular weight excluding hydrogens is 372 g/mol. The Kier molecular flexibility index (Phi) is 7.64. The predicted molar refractivity (Wildman–Crippen MR) is 107 cm³/mol. The summed E-state index contributed by atoms with van der Waals surface area (Å²) in [5.74, 6) is 1.08. The van der Waals surface area contributed by atoms with E-state index in [9.17, 15) is 9.59 Å². The van der Waals surface area contributed by atoms with Crippen LogP contribution in [0.3, 0.4) is 0 Å². The van der Waals surface area contributed by atoms with Gasteiger partial charge in [0.1, 0.15) is 6.10 Å². The molecule has 1 aliphatic heterocycles. The molecular formula is C21H34N4O4. The average Bonchev–Trinajstić information content (AvgIpc) is 3.39. The Morgan fingerprint density at radius 1 is 1.24 bits per heavy atom. The average molecular weight is 407 g/mol. The summed E-state index contributed by atoms with van der Waals surface area (Å²) >= 11 is 0. The minimum absolute atomic E-state index is 0.0350. The minimum atomic E-state index is -0.382. The molecule has 0 radical (unpaired) electrons. The SMILES string of the molecule is CCc1nc(CN(C(C)=O)[C@@H]2CCN(C(=O)[C@H](CC)OC3CCCCC3)C2)no1. The Bertz CT molecular complexity index is 686. The Hall–Kier alpha value is -1.96. The summed E-state index contributed by atoms with van der Waals surface area (Å²) in [5.41, 5.74) is 0. The molecule has 2 atom stereocenters. The summed E-state index contributed by atoms with van der Waals surface area (Å²) in [6.45, 7) is 6.97. The molecule has 2 amide bonds. The first-order valence-electron chi connectivity index (χ1n) is 11.0. The van der Waals surface area contributed by atoms with Gasteiger partial charge in [-0.1, -0.05) is 38.3 Å². The Labute approximate surface area is 172 Å². The largest absolute Gasteiger partial charge is 0.365 e. The first-order valence-corrected chi connectivity index (χ1v) is 11.0. The Balaban J connectivity index is 1.58. The number of carbonyl (C=O) groups excluding carboxylic acids is 2. The molecule has 162 valence electrons. The van der Waals surface area contributed by atoms with E-state index in [1.807, 2.05) is 18.7 Å². The monoisotopic (exact) mass is 406 g/mol. The van der Waals surface area contributed by atoms with Gasteiger partial charge in [0.05, 0.1) is 18.7 Å². The minimum Gasteiger partial charge on any atom is -0.365 e. The molecule has 3 rings (SSSR count). The van der Waals surface area contributed by atoms with Crippen molar-refractivity contribution >= 4 is 11.8 Å². The third kappa shape index (κ3) is 5.56. The van der Waals surface area contributed by atoms with Crippen molar-refractivity contribution in [3.05, 3.63) is 11.7 Å². The van der Waals surface area contributed by atoms with Crippen LogP contribution in [-0.2, 0) is 27.3 Å². The van der Waals surface area contributed by atoms with E-state index in [1.165, 1.54) is 19.3 Å². The van der Waals surface area contributed by atoms with Gasteiger partial charge in [-0.05, 0) is 25.7 Å². The molecule has 8 heteroatoms. The molecule has 2 fully saturated rings. The van der Waals surface area contributed by atoms with Gasteiger partial charge >= 0.3 is 0 Å². The van der Waals surface area contributed by atoms with Crippen molar-refractivity contribution in [2.24, 2.45) is 0 Å². The van der Waals surface area contributed by atoms with E-state index < -0.39 is 0 Å². The Morgan fingerprint density at radius 3 is 2.62 bits per heavy atom. The summed E-state index contributed by atoms with van der Waals surface area (Å²) in [6, 6.07) is -0.0350. The molecule has 1 aliphatic carbocycles. The number of likely N-dealkylation sites (tertiary alicyclic amines) is 1. The topological polar surface area (TPSA) is 88.8 Å². The fourth-order valence-corrected chi connectivity index (χ4v) is 4.31. The summed E-state index contributed by atoms with van der Waals surface area (Å²) in [6.07, 6.45) is 7.65. The number of ether oxygens (including phenoxy) is 1. The lowest BCUT2D eigenvalue weighted by Crippen LogP contribution is -2.44. The zero-order valence-electron chi connectivity index (χ0n) is 17.9. The third-order valence-corrected chi connectivity index (χ3v) is 6.00. The van der Waals surface area contributed by atoms with Crippen molar-refractivity contribution in [3.63, 3.8) is 0 Å². The first kappa shape index (κ1) is 21.7. The second kappa shape index (κ2) is 10.2. The molecule has 0 bridgehead atoms. The third-order valence-electron chi connectivity index (χ3n) is 6.00. The number of nitrogens with zero attached hydrogens (tertiary/aromatic N) is 4. The maximum absolute atomic E-state index is 13.0. The van der Waals surface area contributed by atoms with Crippen LogP contribution in [0.25, 0.3) is 0 Å². The predicted octanol–water partition coefficient (Wildman–Crippen LogP) is 2.71. The highest BCUT2D eigenvalue weighted by Gasteiger charge is 2.35. The summed E-state index contributed by atoms with van der Waals surface area (Å²) in [7, 11) is 0. The molecule has 0 aromatic carbocycles. The highest BCUT2D eigenvalue weighted by atomic mass is 16.5. The van der Waals surface area contributed by atoms with Crippen molar-refractivity contribution < 1.29 is 18.8 Å². The van der Waals surface area contributed by atoms with Crippen LogP contribution in [0.4, 0.5) is 0 Å². The lowest BCUT2D eigenvalue weighted by molar-refractivity contribution is -0.148. The van der Waals surface area contributed by atoms with Gasteiger partial charge in [0, 0.05) is 26.4 Å². The number of aryl methyl sites for hydroxylation is 1. The molecule has 1 aromatic heterocycles. The molecule has 1 saturated heterocycles. The maximum atomic E-state index is 13.0. The van der Waals surface area contributed by atoms with Gasteiger partial charge in [0.2, 0.25) is 11.8 Å². The molecule has 2 aliphatic rings. The lowest BCUT2D eigenvalue weighted by Gasteiger charge is -2.30. The smallest absolute Gasteiger partial charge is 0.251 e. The normalized spacial score (nSPS) is 21.3. The summed E-state index contributed by atoms with van der Waals surface area (Å²) in [5, 5.41) is 3.96. The van der Waals surface area contributed by atoms with Crippen LogP contribution in [0.1, 0.15) is 77.4 Å². The van der Waals surface area contributed by atoms with Crippen LogP contribution in [-0.4, -0.2) is 63.1 Å². The molecule has 8 nitrogen and oxygen atoms in total. The van der Waals surface area contributed by atoms with Gasteiger partial charge in [-0.2, -0.15) is 4.98 Å². The number of hydrogen-bond acceptors (Lipinski definition) is 6. The lowest BCUT2D eigenvalue weighted by atomic mass is 9.97. The van der Waals surface area contributed by atoms with Crippen LogP contribution in [0.15, 0.2) is 4.52 Å². The number of rotatable bonds is 8. The van der Waals surface area contributed by atoms with Crippen molar-refractivity contribution in [2.45, 2.75) is 96.9 Å². The van der Waals surface area contributed by atoms with Crippen LogP contribution < -0.4 is 0 Å². The van der Waals surface area contributed by atoms with E-state index >= 15 is 0 Å². The van der Waals surface area contributed by atoms with Crippen molar-refractivity contribution in [1.29, 1.82) is 0 Å². The molecule has 29 heavy (non-hydrogen) atoms. The highest BCUT2D eigenvalue weighted by Crippen LogP contribution is 2.24. The van der Waals surface area contributed by atoms with Gasteiger partial charge < -0.3 is 19.1 Å². The van der Waals surface area contributed by atoms with Crippen molar-refractivity contribution in [1.82, 2.24) is 19.9 Å². The molecule has 1 aromatic rings. The number of amides is 2. The van der Waals surface area contributed by atoms with Crippen LogP contribution in [0.5, 0.6) is 0 Å². The van der Waals surface area contributed by atoms with Gasteiger partial charge in [-0.25, -0.2) is 0 Å². The van der Waals surface area contributed by atoms with Gasteiger partial charge in [0.15, 0.2) is 5.82 Å². The zero-order valence-corrected chi connectivity index (χ0v) is 17.9. The van der Waals surface area contributed by atoms with E-state index in [0.29, 0.717) is 44.2 Å². The summed E-state index contributed by atoms with van der Waals surface area (Å²) < 4.78 is 11.3. The fraction of sp³-hybridized carbons (Fsp3) is 0.810. The Morgan fingerprint density at radius 2 is 2.00 bits per heavy atom. The van der Waals surface area contributed by atoms with Crippen LogP contribution >= 0.6 is 0 Å². The molecule has 1 saturated carbocycles. The van der Waals surface area contributed by atoms with Crippen molar-refractivity contribution in [3.8, 4) is 0 Å². The van der Waals surface area contributed by atoms with Gasteiger partial charge in [-0.3, -0.25) is 9.59 Å². The highest BCUT2D eigenvalue weighted by molar-refractivity contribution is 5.81. The van der Waals surface area contributed by atoms with Gasteiger partial charge in [-0.15, -0.1) is 0 Å². The van der Waals surface area contributed by atoms with E-state index in [4.69, 9.17) is 9.26 Å². The molecule has 0 N–H and O–H groups in total. The quantitative estimate of drug-likeness (QED) is 0.659. The fourth-order valence-electron chi connectivity index (χ4n) is 4.31. The second-order valence-corrected chi connectivity index (χ2v) is 8.12. The second-order valence-electron chi connectivity index (χ2n) is 8.12. The number of carbonyl (C=O) groups is 2. The zero-order chi connectivity index (χ0) is 20.8.